The topological polar surface area (TPSA) is 52.1 Å². The quantitative estimate of drug-likeness (QED) is 0.302. The van der Waals surface area contributed by atoms with Crippen molar-refractivity contribution < 1.29 is 9.84 Å². The van der Waals surface area contributed by atoms with Crippen molar-refractivity contribution in [1.29, 1.82) is 0 Å². The summed E-state index contributed by atoms with van der Waals surface area (Å²) in [5.74, 6) is 0. The van der Waals surface area contributed by atoms with Gasteiger partial charge in [0, 0.05) is 0 Å². The number of aromatic nitrogens is 2. The molecular weight excluding hydrogens is 488 g/mol. The maximum atomic E-state index is 11.8. The van der Waals surface area contributed by atoms with Gasteiger partial charge in [-0.2, -0.15) is 0 Å². The van der Waals surface area contributed by atoms with Crippen LogP contribution >= 0.6 is 63.7 Å². The predicted molar refractivity (Wildman–Crippen MR) is 78.8 cm³/mol. The van der Waals surface area contributed by atoms with Crippen LogP contribution in [-0.2, 0) is 6.54 Å². The molecule has 0 spiro atoms. The molecule has 0 aliphatic carbocycles. The summed E-state index contributed by atoms with van der Waals surface area (Å²) in [4.78, 5) is 0. The maximum Gasteiger partial charge on any atom is 0.247 e. The van der Waals surface area contributed by atoms with Crippen LogP contribution in [0, 0.1) is 5.21 Å². The minimum atomic E-state index is -0.0263. The van der Waals surface area contributed by atoms with E-state index in [-0.39, 0.29) is 6.61 Å². The van der Waals surface area contributed by atoms with Gasteiger partial charge in [-0.1, -0.05) is 0 Å². The molecule has 0 fully saturated rings. The van der Waals surface area contributed by atoms with E-state index < -0.39 is 0 Å². The first-order chi connectivity index (χ1) is 7.99. The first kappa shape index (κ1) is 13.8. The Kier molecular flexibility index (Phi) is 4.19. The molecule has 1 heterocycles. The number of hydrogen-bond acceptors (Lipinski definition) is 2. The van der Waals surface area contributed by atoms with Gasteiger partial charge in [-0.05, 0) is 63.7 Å². The van der Waals surface area contributed by atoms with Crippen molar-refractivity contribution in [3.8, 4) is 0 Å². The molecule has 0 aliphatic heterocycles. The van der Waals surface area contributed by atoms with E-state index in [0.717, 1.165) is 23.7 Å². The van der Waals surface area contributed by atoms with Crippen molar-refractivity contribution in [2.45, 2.75) is 6.54 Å². The Labute approximate surface area is 131 Å². The smallest absolute Gasteiger partial charge is 0.247 e. The molecular formula is C9H6Br4N2O2. The van der Waals surface area contributed by atoms with Gasteiger partial charge in [0.05, 0.1) is 24.5 Å². The van der Waals surface area contributed by atoms with Crippen LogP contribution in [0.1, 0.15) is 0 Å². The summed E-state index contributed by atoms with van der Waals surface area (Å²) >= 11 is 13.7. The average Bonchev–Trinajstić information content (AvgIpc) is 2.61. The largest absolute Gasteiger partial charge is 0.710 e. The van der Waals surface area contributed by atoms with Gasteiger partial charge in [0.25, 0.3) is 0 Å². The molecule has 0 atom stereocenters. The molecule has 0 amide bonds. The van der Waals surface area contributed by atoms with Gasteiger partial charge >= 0.3 is 0 Å². The number of benzene rings is 1. The van der Waals surface area contributed by atoms with E-state index in [9.17, 15) is 5.21 Å². The van der Waals surface area contributed by atoms with Gasteiger partial charge in [0.1, 0.15) is 6.54 Å². The highest BCUT2D eigenvalue weighted by atomic mass is 79.9. The number of rotatable bonds is 2. The lowest BCUT2D eigenvalue weighted by Crippen LogP contribution is -2.23. The van der Waals surface area contributed by atoms with Crippen molar-refractivity contribution in [2.75, 3.05) is 6.61 Å². The molecule has 1 aromatic carbocycles. The Balaban J connectivity index is 2.92. The highest BCUT2D eigenvalue weighted by Crippen LogP contribution is 2.42. The van der Waals surface area contributed by atoms with E-state index >= 15 is 0 Å². The van der Waals surface area contributed by atoms with E-state index in [4.69, 9.17) is 5.11 Å². The molecule has 2 rings (SSSR count). The number of fused-ring (bicyclic) bond motifs is 1. The summed E-state index contributed by atoms with van der Waals surface area (Å²) in [7, 11) is 0. The number of aliphatic hydroxyl groups is 1. The molecule has 17 heavy (non-hydrogen) atoms. The molecule has 0 saturated carbocycles. The third kappa shape index (κ3) is 2.18. The average molecular weight is 494 g/mol. The fourth-order valence-corrected chi connectivity index (χ4v) is 4.07. The highest BCUT2D eigenvalue weighted by Gasteiger charge is 2.23. The highest BCUT2D eigenvalue weighted by molar-refractivity contribution is 9.15. The summed E-state index contributed by atoms with van der Waals surface area (Å²) in [6, 6.07) is 0. The lowest BCUT2D eigenvalue weighted by molar-refractivity contribution is -0.578. The number of halogens is 4. The summed E-state index contributed by atoms with van der Waals surface area (Å²) < 4.78 is 5.50. The summed E-state index contributed by atoms with van der Waals surface area (Å²) in [5.41, 5.74) is 1.25. The number of hydrogen-bond donors (Lipinski definition) is 1. The van der Waals surface area contributed by atoms with Crippen molar-refractivity contribution >= 4 is 74.8 Å². The van der Waals surface area contributed by atoms with E-state index in [1.807, 2.05) is 0 Å². The minimum absolute atomic E-state index is 0.0263. The zero-order valence-corrected chi connectivity index (χ0v) is 14.6. The van der Waals surface area contributed by atoms with Crippen LogP contribution in [0.2, 0.25) is 0 Å². The molecule has 0 bridgehead atoms. The molecule has 1 aromatic heterocycles. The molecule has 0 unspecified atom stereocenters. The summed E-state index contributed by atoms with van der Waals surface area (Å²) in [5, 5.41) is 20.8. The van der Waals surface area contributed by atoms with Crippen LogP contribution in [0.5, 0.6) is 0 Å². The van der Waals surface area contributed by atoms with Gasteiger partial charge in [-0.3, -0.25) is 0 Å². The van der Waals surface area contributed by atoms with E-state index in [1.165, 1.54) is 6.33 Å². The number of nitrogens with zero attached hydrogens (tertiary/aromatic N) is 2. The molecule has 92 valence electrons. The number of aliphatic hydroxyl groups excluding tert-OH is 1. The molecule has 0 saturated heterocycles. The Bertz CT molecular complexity index is 597. The molecule has 2 aromatic rings. The lowest BCUT2D eigenvalue weighted by atomic mass is 10.3. The second kappa shape index (κ2) is 5.16. The van der Waals surface area contributed by atoms with Crippen molar-refractivity contribution in [3.05, 3.63) is 29.4 Å². The van der Waals surface area contributed by atoms with Crippen molar-refractivity contribution in [2.24, 2.45) is 0 Å². The Morgan fingerprint density at radius 1 is 1.12 bits per heavy atom. The van der Waals surface area contributed by atoms with Gasteiger partial charge in [-0.25, -0.2) is 9.30 Å². The van der Waals surface area contributed by atoms with Gasteiger partial charge in [0.15, 0.2) is 11.0 Å². The van der Waals surface area contributed by atoms with E-state index in [0.29, 0.717) is 16.5 Å². The zero-order valence-electron chi connectivity index (χ0n) is 8.25. The zero-order chi connectivity index (χ0) is 12.7. The Morgan fingerprint density at radius 2 is 1.71 bits per heavy atom. The molecule has 1 N–H and O–H groups in total. The predicted octanol–water partition coefficient (Wildman–Crippen LogP) is 3.32. The molecule has 0 aliphatic rings. The second-order valence-corrected chi connectivity index (χ2v) is 6.48. The third-order valence-electron chi connectivity index (χ3n) is 2.31. The van der Waals surface area contributed by atoms with Crippen LogP contribution in [0.4, 0.5) is 0 Å². The van der Waals surface area contributed by atoms with Crippen LogP contribution in [0.25, 0.3) is 11.0 Å². The van der Waals surface area contributed by atoms with Crippen LogP contribution in [0.15, 0.2) is 24.2 Å². The normalized spacial score (nSPS) is 11.4. The standard InChI is InChI=1S/C9H6Br4N2O2/c10-4-5(11)7(13)9-8(6(4)12)14(1-2-16)3-15(9)17/h3,16H,1-2H2. The molecule has 4 nitrogen and oxygen atoms in total. The van der Waals surface area contributed by atoms with Crippen LogP contribution < -0.4 is 4.73 Å². The fraction of sp³-hybridized carbons (Fsp3) is 0.222. The third-order valence-corrected chi connectivity index (χ3v) is 7.04. The Hall–Kier alpha value is 0.370. The van der Waals surface area contributed by atoms with Crippen molar-refractivity contribution in [3.63, 3.8) is 0 Å². The van der Waals surface area contributed by atoms with Crippen LogP contribution in [-0.4, -0.2) is 16.3 Å². The van der Waals surface area contributed by atoms with Gasteiger partial charge in [-0.15, -0.1) is 0 Å². The first-order valence-electron chi connectivity index (χ1n) is 4.53. The monoisotopic (exact) mass is 490 g/mol. The molecule has 0 radical (unpaired) electrons. The van der Waals surface area contributed by atoms with Crippen LogP contribution in [0.3, 0.4) is 0 Å². The van der Waals surface area contributed by atoms with E-state index in [2.05, 4.69) is 63.7 Å². The SMILES string of the molecule is [O-][n+]1cn(CCO)c2c(Br)c(Br)c(Br)c(Br)c21. The van der Waals surface area contributed by atoms with Crippen molar-refractivity contribution in [1.82, 2.24) is 4.57 Å². The summed E-state index contributed by atoms with van der Waals surface area (Å²) in [6.45, 7) is 0.340. The maximum absolute atomic E-state index is 11.8. The first-order valence-corrected chi connectivity index (χ1v) is 7.71. The van der Waals surface area contributed by atoms with Gasteiger partial charge < -0.3 is 10.3 Å². The fourth-order valence-electron chi connectivity index (χ4n) is 1.59. The van der Waals surface area contributed by atoms with E-state index in [1.54, 1.807) is 4.57 Å². The van der Waals surface area contributed by atoms with Gasteiger partial charge in [0.2, 0.25) is 6.33 Å². The molecule has 8 heteroatoms. The number of imidazole rings is 1. The second-order valence-electron chi connectivity index (χ2n) is 3.31. The lowest BCUT2D eigenvalue weighted by Gasteiger charge is -2.05. The Morgan fingerprint density at radius 3 is 2.29 bits per heavy atom. The minimum Gasteiger partial charge on any atom is -0.710 e. The summed E-state index contributed by atoms with van der Waals surface area (Å²) in [6.07, 6.45) is 1.41.